The number of amides is 2. The molecule has 0 unspecified atom stereocenters. The summed E-state index contributed by atoms with van der Waals surface area (Å²) in [7, 11) is 3.27. The molecule has 0 saturated carbocycles. The van der Waals surface area contributed by atoms with E-state index >= 15 is 0 Å². The number of carbonyl (C=O) groups excluding carboxylic acids is 2. The van der Waals surface area contributed by atoms with Crippen molar-refractivity contribution in [2.45, 2.75) is 6.42 Å². The van der Waals surface area contributed by atoms with Gasteiger partial charge in [0.2, 0.25) is 5.91 Å². The molecule has 7 heteroatoms. The number of pyridine rings is 1. The van der Waals surface area contributed by atoms with Crippen LogP contribution in [0.1, 0.15) is 27.3 Å². The van der Waals surface area contributed by atoms with E-state index < -0.39 is 11.9 Å². The molecule has 0 fully saturated rings. The zero-order valence-electron chi connectivity index (χ0n) is 10.7. The van der Waals surface area contributed by atoms with Crippen LogP contribution in [-0.2, 0) is 4.79 Å². The largest absolute Gasteiger partial charge is 0.478 e. The molecule has 0 bridgehead atoms. The van der Waals surface area contributed by atoms with Crippen LogP contribution < -0.4 is 5.32 Å². The lowest BCUT2D eigenvalue weighted by Crippen LogP contribution is -2.30. The monoisotopic (exact) mass is 265 g/mol. The quantitative estimate of drug-likeness (QED) is 0.780. The lowest BCUT2D eigenvalue weighted by atomic mass is 10.2. The first-order chi connectivity index (χ1) is 8.91. The molecule has 0 aliphatic rings. The lowest BCUT2D eigenvalue weighted by molar-refractivity contribution is -0.128. The third kappa shape index (κ3) is 4.38. The smallest absolute Gasteiger partial charge is 0.337 e. The average Bonchev–Trinajstić information content (AvgIpc) is 2.38. The van der Waals surface area contributed by atoms with E-state index in [4.69, 9.17) is 5.11 Å². The van der Waals surface area contributed by atoms with Gasteiger partial charge in [0.25, 0.3) is 5.91 Å². The van der Waals surface area contributed by atoms with Crippen molar-refractivity contribution in [3.63, 3.8) is 0 Å². The number of carboxylic acid groups (broad SMARTS) is 1. The van der Waals surface area contributed by atoms with Gasteiger partial charge in [-0.05, 0) is 12.1 Å². The SMILES string of the molecule is CN(C)C(=O)CCNC(=O)c1ccc(C(=O)O)cn1. The summed E-state index contributed by atoms with van der Waals surface area (Å²) in [5.41, 5.74) is 0.127. The van der Waals surface area contributed by atoms with E-state index in [1.807, 2.05) is 0 Å². The Hall–Kier alpha value is -2.44. The molecule has 1 aromatic rings. The fourth-order valence-corrected chi connectivity index (χ4v) is 1.25. The highest BCUT2D eigenvalue weighted by Gasteiger charge is 2.10. The van der Waals surface area contributed by atoms with E-state index in [2.05, 4.69) is 10.3 Å². The molecule has 0 saturated heterocycles. The van der Waals surface area contributed by atoms with Crippen LogP contribution in [0.25, 0.3) is 0 Å². The van der Waals surface area contributed by atoms with Crippen LogP contribution in [0, 0.1) is 0 Å². The van der Waals surface area contributed by atoms with Crippen molar-refractivity contribution in [2.75, 3.05) is 20.6 Å². The minimum absolute atomic E-state index is 0.0133. The maximum Gasteiger partial charge on any atom is 0.337 e. The molecule has 0 atom stereocenters. The lowest BCUT2D eigenvalue weighted by Gasteiger charge is -2.10. The number of aromatic nitrogens is 1. The van der Waals surface area contributed by atoms with E-state index in [1.54, 1.807) is 14.1 Å². The Morgan fingerprint density at radius 1 is 1.32 bits per heavy atom. The van der Waals surface area contributed by atoms with Crippen LogP contribution in [0.3, 0.4) is 0 Å². The number of carbonyl (C=O) groups is 3. The van der Waals surface area contributed by atoms with Gasteiger partial charge in [0.1, 0.15) is 5.69 Å². The van der Waals surface area contributed by atoms with E-state index in [-0.39, 0.29) is 30.1 Å². The molecule has 2 N–H and O–H groups in total. The van der Waals surface area contributed by atoms with Crippen molar-refractivity contribution in [2.24, 2.45) is 0 Å². The number of nitrogens with zero attached hydrogens (tertiary/aromatic N) is 2. The molecule has 0 aliphatic heterocycles. The average molecular weight is 265 g/mol. The first kappa shape index (κ1) is 14.6. The minimum atomic E-state index is -1.10. The summed E-state index contributed by atoms with van der Waals surface area (Å²) in [5.74, 6) is -1.63. The van der Waals surface area contributed by atoms with E-state index in [1.165, 1.54) is 17.0 Å². The Bertz CT molecular complexity index is 482. The summed E-state index contributed by atoms with van der Waals surface area (Å²) in [6, 6.07) is 2.63. The van der Waals surface area contributed by atoms with Crippen molar-refractivity contribution in [3.05, 3.63) is 29.6 Å². The summed E-state index contributed by atoms with van der Waals surface area (Å²) >= 11 is 0. The zero-order chi connectivity index (χ0) is 14.4. The van der Waals surface area contributed by atoms with Gasteiger partial charge in [0.15, 0.2) is 0 Å². The Morgan fingerprint density at radius 2 is 2.00 bits per heavy atom. The molecule has 102 valence electrons. The zero-order valence-corrected chi connectivity index (χ0v) is 10.7. The van der Waals surface area contributed by atoms with Gasteiger partial charge < -0.3 is 15.3 Å². The van der Waals surface area contributed by atoms with Gasteiger partial charge in [-0.15, -0.1) is 0 Å². The molecule has 2 amide bonds. The number of hydrogen-bond acceptors (Lipinski definition) is 4. The predicted molar refractivity (Wildman–Crippen MR) is 66.8 cm³/mol. The highest BCUT2D eigenvalue weighted by atomic mass is 16.4. The van der Waals surface area contributed by atoms with Gasteiger partial charge in [-0.25, -0.2) is 4.79 Å². The molecule has 7 nitrogen and oxygen atoms in total. The van der Waals surface area contributed by atoms with E-state index in [9.17, 15) is 14.4 Å². The Balaban J connectivity index is 2.50. The number of carboxylic acids is 1. The van der Waals surface area contributed by atoms with Gasteiger partial charge in [0, 0.05) is 33.3 Å². The Kier molecular flexibility index (Phi) is 4.99. The van der Waals surface area contributed by atoms with Gasteiger partial charge in [0.05, 0.1) is 5.56 Å². The van der Waals surface area contributed by atoms with E-state index in [0.29, 0.717) is 0 Å². The summed E-state index contributed by atoms with van der Waals surface area (Å²) in [6.07, 6.45) is 1.31. The standard InChI is InChI=1S/C12H15N3O4/c1-15(2)10(16)5-6-13-11(17)9-4-3-8(7-14-9)12(18)19/h3-4,7H,5-6H2,1-2H3,(H,13,17)(H,18,19). The van der Waals surface area contributed by atoms with Crippen LogP contribution in [0.4, 0.5) is 0 Å². The molecule has 0 aliphatic carbocycles. The van der Waals surface area contributed by atoms with Crippen molar-refractivity contribution in [3.8, 4) is 0 Å². The maximum absolute atomic E-state index is 11.6. The summed E-state index contributed by atoms with van der Waals surface area (Å²) in [5, 5.41) is 11.2. The predicted octanol–water partition coefficient (Wildman–Crippen LogP) is -0.0121. The van der Waals surface area contributed by atoms with Crippen LogP contribution in [-0.4, -0.2) is 53.4 Å². The molecule has 0 radical (unpaired) electrons. The van der Waals surface area contributed by atoms with Crippen LogP contribution in [0.15, 0.2) is 18.3 Å². The topological polar surface area (TPSA) is 99.6 Å². The van der Waals surface area contributed by atoms with Crippen molar-refractivity contribution in [1.82, 2.24) is 15.2 Å². The van der Waals surface area contributed by atoms with Gasteiger partial charge in [-0.1, -0.05) is 0 Å². The number of aromatic carboxylic acids is 1. The molecule has 0 spiro atoms. The molecule has 1 heterocycles. The molecule has 0 aromatic carbocycles. The number of rotatable bonds is 5. The van der Waals surface area contributed by atoms with Crippen molar-refractivity contribution < 1.29 is 19.5 Å². The Labute approximate surface area is 110 Å². The first-order valence-electron chi connectivity index (χ1n) is 5.59. The number of hydrogen-bond donors (Lipinski definition) is 2. The molecular formula is C12H15N3O4. The number of nitrogens with one attached hydrogen (secondary N) is 1. The second-order valence-corrected chi connectivity index (χ2v) is 4.03. The highest BCUT2D eigenvalue weighted by molar-refractivity contribution is 5.93. The third-order valence-corrected chi connectivity index (χ3v) is 2.37. The second kappa shape index (κ2) is 6.48. The normalized spacial score (nSPS) is 9.79. The fourth-order valence-electron chi connectivity index (χ4n) is 1.25. The minimum Gasteiger partial charge on any atom is -0.478 e. The molecule has 19 heavy (non-hydrogen) atoms. The summed E-state index contributed by atoms with van der Waals surface area (Å²) < 4.78 is 0. The molecule has 1 rings (SSSR count). The van der Waals surface area contributed by atoms with Crippen molar-refractivity contribution in [1.29, 1.82) is 0 Å². The fraction of sp³-hybridized carbons (Fsp3) is 0.333. The second-order valence-electron chi connectivity index (χ2n) is 4.03. The molecular weight excluding hydrogens is 250 g/mol. The third-order valence-electron chi connectivity index (χ3n) is 2.37. The molecule has 1 aromatic heterocycles. The highest BCUT2D eigenvalue weighted by Crippen LogP contribution is 2.00. The van der Waals surface area contributed by atoms with E-state index in [0.717, 1.165) is 6.20 Å². The van der Waals surface area contributed by atoms with Crippen LogP contribution in [0.5, 0.6) is 0 Å². The first-order valence-corrected chi connectivity index (χ1v) is 5.59. The van der Waals surface area contributed by atoms with Gasteiger partial charge >= 0.3 is 5.97 Å². The Morgan fingerprint density at radius 3 is 2.47 bits per heavy atom. The summed E-state index contributed by atoms with van der Waals surface area (Å²) in [4.78, 5) is 38.7. The van der Waals surface area contributed by atoms with Gasteiger partial charge in [-0.3, -0.25) is 14.6 Å². The van der Waals surface area contributed by atoms with Gasteiger partial charge in [-0.2, -0.15) is 0 Å². The van der Waals surface area contributed by atoms with Crippen LogP contribution >= 0.6 is 0 Å². The maximum atomic E-state index is 11.6. The van der Waals surface area contributed by atoms with Crippen molar-refractivity contribution >= 4 is 17.8 Å². The van der Waals surface area contributed by atoms with Crippen LogP contribution in [0.2, 0.25) is 0 Å². The summed E-state index contributed by atoms with van der Waals surface area (Å²) in [6.45, 7) is 0.207.